The van der Waals surface area contributed by atoms with E-state index < -0.39 is 11.7 Å². The Kier molecular flexibility index (Phi) is 6.88. The molecule has 0 bridgehead atoms. The third kappa shape index (κ3) is 6.10. The minimum atomic E-state index is -0.511. The number of anilines is 1. The number of aryl methyl sites for hydroxylation is 1. The molecule has 23 heavy (non-hydrogen) atoms. The van der Waals surface area contributed by atoms with Crippen LogP contribution in [0.2, 0.25) is 0 Å². The average molecular weight is 321 g/mol. The Hall–Kier alpha value is -1.75. The molecule has 0 saturated carbocycles. The summed E-state index contributed by atoms with van der Waals surface area (Å²) in [5.74, 6) is 0. The van der Waals surface area contributed by atoms with Crippen molar-refractivity contribution < 1.29 is 9.53 Å². The summed E-state index contributed by atoms with van der Waals surface area (Å²) in [6.07, 6.45) is -0.414. The minimum absolute atomic E-state index is 0.00442. The molecule has 0 aliphatic carbocycles. The molecule has 5 heteroatoms. The molecule has 0 saturated heterocycles. The van der Waals surface area contributed by atoms with Crippen molar-refractivity contribution >= 4 is 11.8 Å². The van der Waals surface area contributed by atoms with Crippen LogP contribution < -0.4 is 16.0 Å². The van der Waals surface area contributed by atoms with Gasteiger partial charge < -0.3 is 20.7 Å². The van der Waals surface area contributed by atoms with Gasteiger partial charge in [0.25, 0.3) is 0 Å². The first-order valence-electron chi connectivity index (χ1n) is 8.20. The molecule has 1 rings (SSSR count). The van der Waals surface area contributed by atoms with Gasteiger partial charge >= 0.3 is 6.09 Å². The second-order valence-electron chi connectivity index (χ2n) is 6.86. The van der Waals surface area contributed by atoms with E-state index in [1.165, 1.54) is 5.56 Å². The maximum absolute atomic E-state index is 12.0. The number of ether oxygens (including phenoxy) is 1. The van der Waals surface area contributed by atoms with E-state index in [0.29, 0.717) is 6.54 Å². The summed E-state index contributed by atoms with van der Waals surface area (Å²) >= 11 is 0. The molecule has 0 radical (unpaired) electrons. The number of nitrogens with one attached hydrogen (secondary N) is 1. The van der Waals surface area contributed by atoms with Gasteiger partial charge in [0, 0.05) is 18.8 Å². The quantitative estimate of drug-likeness (QED) is 0.845. The number of carbonyl (C=O) groups is 1. The van der Waals surface area contributed by atoms with Crippen LogP contribution in [0.25, 0.3) is 0 Å². The van der Waals surface area contributed by atoms with E-state index in [4.69, 9.17) is 10.5 Å². The zero-order chi connectivity index (χ0) is 17.6. The molecule has 2 unspecified atom stereocenters. The molecular weight excluding hydrogens is 290 g/mol. The molecule has 1 aromatic rings. The highest BCUT2D eigenvalue weighted by Gasteiger charge is 2.26. The number of nitrogens with zero attached hydrogens (tertiary/aromatic N) is 1. The topological polar surface area (TPSA) is 67.6 Å². The highest BCUT2D eigenvalue weighted by atomic mass is 16.6. The van der Waals surface area contributed by atoms with Crippen LogP contribution in [0.3, 0.4) is 0 Å². The van der Waals surface area contributed by atoms with E-state index in [1.807, 2.05) is 27.7 Å². The van der Waals surface area contributed by atoms with Crippen LogP contribution in [0, 0.1) is 6.92 Å². The van der Waals surface area contributed by atoms with Gasteiger partial charge in [-0.15, -0.1) is 0 Å². The van der Waals surface area contributed by atoms with Gasteiger partial charge in [-0.25, -0.2) is 4.79 Å². The summed E-state index contributed by atoms with van der Waals surface area (Å²) < 4.78 is 5.33. The van der Waals surface area contributed by atoms with Crippen molar-refractivity contribution in [1.82, 2.24) is 5.32 Å². The molecule has 3 N–H and O–H groups in total. The van der Waals surface area contributed by atoms with Crippen LogP contribution >= 0.6 is 0 Å². The fourth-order valence-corrected chi connectivity index (χ4v) is 2.54. The summed E-state index contributed by atoms with van der Waals surface area (Å²) in [5, 5.41) is 2.90. The third-order valence-corrected chi connectivity index (χ3v) is 3.67. The SMILES string of the molecule is CCN(c1ccc(C)cc1)C(CN)C(C)NC(=O)OC(C)(C)C. The maximum atomic E-state index is 12.0. The van der Waals surface area contributed by atoms with Crippen molar-refractivity contribution in [2.24, 2.45) is 5.73 Å². The number of carbonyl (C=O) groups excluding carboxylic acids is 1. The number of hydrogen-bond acceptors (Lipinski definition) is 4. The Morgan fingerprint density at radius 3 is 2.30 bits per heavy atom. The molecule has 0 aliphatic rings. The van der Waals surface area contributed by atoms with Gasteiger partial charge in [-0.05, 0) is 53.7 Å². The lowest BCUT2D eigenvalue weighted by atomic mass is 10.1. The summed E-state index contributed by atoms with van der Waals surface area (Å²) in [5.41, 5.74) is 7.80. The molecule has 1 aromatic carbocycles. The van der Waals surface area contributed by atoms with Gasteiger partial charge in [0.1, 0.15) is 5.60 Å². The van der Waals surface area contributed by atoms with Crippen LogP contribution in [-0.2, 0) is 4.74 Å². The van der Waals surface area contributed by atoms with Crippen LogP contribution in [0.1, 0.15) is 40.2 Å². The van der Waals surface area contributed by atoms with E-state index in [1.54, 1.807) is 0 Å². The van der Waals surface area contributed by atoms with Crippen LogP contribution in [-0.4, -0.2) is 36.9 Å². The molecule has 5 nitrogen and oxygen atoms in total. The largest absolute Gasteiger partial charge is 0.444 e. The highest BCUT2D eigenvalue weighted by molar-refractivity contribution is 5.68. The summed E-state index contributed by atoms with van der Waals surface area (Å²) in [6.45, 7) is 12.9. The maximum Gasteiger partial charge on any atom is 0.407 e. The molecule has 0 spiro atoms. The number of hydrogen-bond donors (Lipinski definition) is 2. The molecule has 1 amide bonds. The van der Waals surface area contributed by atoms with Crippen molar-refractivity contribution in [2.75, 3.05) is 18.0 Å². The van der Waals surface area contributed by atoms with Crippen molar-refractivity contribution in [1.29, 1.82) is 0 Å². The molecule has 130 valence electrons. The minimum Gasteiger partial charge on any atom is -0.444 e. The summed E-state index contributed by atoms with van der Waals surface area (Å²) in [4.78, 5) is 14.2. The first-order valence-corrected chi connectivity index (χ1v) is 8.20. The van der Waals surface area contributed by atoms with Gasteiger partial charge in [-0.2, -0.15) is 0 Å². The number of benzene rings is 1. The normalized spacial score (nSPS) is 14.0. The Morgan fingerprint density at radius 1 is 1.30 bits per heavy atom. The predicted octanol–water partition coefficient (Wildman–Crippen LogP) is 3.06. The van der Waals surface area contributed by atoms with E-state index in [9.17, 15) is 4.79 Å². The lowest BCUT2D eigenvalue weighted by Gasteiger charge is -2.36. The number of amides is 1. The van der Waals surface area contributed by atoms with E-state index in [2.05, 4.69) is 48.3 Å². The van der Waals surface area contributed by atoms with Crippen molar-refractivity contribution in [3.05, 3.63) is 29.8 Å². The number of alkyl carbamates (subject to hydrolysis) is 1. The lowest BCUT2D eigenvalue weighted by molar-refractivity contribution is 0.0502. The first-order chi connectivity index (χ1) is 10.7. The van der Waals surface area contributed by atoms with Crippen LogP contribution in [0.15, 0.2) is 24.3 Å². The second kappa shape index (κ2) is 8.20. The fraction of sp³-hybridized carbons (Fsp3) is 0.611. The molecule has 2 atom stereocenters. The standard InChI is InChI=1S/C18H31N3O2/c1-7-21(15-10-8-13(2)9-11-15)16(12-19)14(3)20-17(22)23-18(4,5)6/h8-11,14,16H,7,12,19H2,1-6H3,(H,20,22). The fourth-order valence-electron chi connectivity index (χ4n) is 2.54. The van der Waals surface area contributed by atoms with E-state index >= 15 is 0 Å². The zero-order valence-corrected chi connectivity index (χ0v) is 15.2. The Bertz CT molecular complexity index is 494. The average Bonchev–Trinajstić information content (AvgIpc) is 2.43. The van der Waals surface area contributed by atoms with Gasteiger partial charge in [0.15, 0.2) is 0 Å². The van der Waals surface area contributed by atoms with Gasteiger partial charge in [-0.1, -0.05) is 17.7 Å². The number of rotatable bonds is 6. The predicted molar refractivity (Wildman–Crippen MR) is 95.9 cm³/mol. The third-order valence-electron chi connectivity index (χ3n) is 3.67. The monoisotopic (exact) mass is 321 g/mol. The van der Waals surface area contributed by atoms with Crippen LogP contribution in [0.4, 0.5) is 10.5 Å². The molecule has 0 fully saturated rings. The van der Waals surface area contributed by atoms with Crippen molar-refractivity contribution in [2.45, 2.75) is 59.2 Å². The van der Waals surface area contributed by atoms with Gasteiger partial charge in [0.05, 0.1) is 12.1 Å². The molecule has 0 aromatic heterocycles. The number of likely N-dealkylation sites (N-methyl/N-ethyl adjacent to an activating group) is 1. The van der Waals surface area contributed by atoms with Gasteiger partial charge in [0.2, 0.25) is 0 Å². The Labute approximate surface area is 140 Å². The van der Waals surface area contributed by atoms with Crippen molar-refractivity contribution in [3.63, 3.8) is 0 Å². The van der Waals surface area contributed by atoms with Gasteiger partial charge in [-0.3, -0.25) is 0 Å². The molecule has 0 aliphatic heterocycles. The first kappa shape index (κ1) is 19.3. The molecule has 0 heterocycles. The van der Waals surface area contributed by atoms with E-state index in [-0.39, 0.29) is 12.1 Å². The number of nitrogens with two attached hydrogens (primary N) is 1. The second-order valence-corrected chi connectivity index (χ2v) is 6.86. The van der Waals surface area contributed by atoms with Crippen LogP contribution in [0.5, 0.6) is 0 Å². The van der Waals surface area contributed by atoms with E-state index in [0.717, 1.165) is 12.2 Å². The Morgan fingerprint density at radius 2 is 1.87 bits per heavy atom. The van der Waals surface area contributed by atoms with Crippen molar-refractivity contribution in [3.8, 4) is 0 Å². The summed E-state index contributed by atoms with van der Waals surface area (Å²) in [7, 11) is 0. The summed E-state index contributed by atoms with van der Waals surface area (Å²) in [6, 6.07) is 8.20. The molecular formula is C18H31N3O2. The Balaban J connectivity index is 2.83. The smallest absolute Gasteiger partial charge is 0.407 e. The lowest BCUT2D eigenvalue weighted by Crippen LogP contribution is -2.54. The highest BCUT2D eigenvalue weighted by Crippen LogP contribution is 2.19. The zero-order valence-electron chi connectivity index (χ0n) is 15.2.